The van der Waals surface area contributed by atoms with Gasteiger partial charge in [-0.25, -0.2) is 13.8 Å². The van der Waals surface area contributed by atoms with Crippen LogP contribution in [0.4, 0.5) is 19.6 Å². The van der Waals surface area contributed by atoms with Gasteiger partial charge in [0.05, 0.1) is 38.9 Å². The van der Waals surface area contributed by atoms with E-state index in [1.807, 2.05) is 24.1 Å². The Morgan fingerprint density at radius 1 is 1.36 bits per heavy atom. The number of fused-ring (bicyclic) bond motifs is 2. The molecule has 3 N–H and O–H groups in total. The molecule has 11 heteroatoms. The molecule has 33 heavy (non-hydrogen) atoms. The van der Waals surface area contributed by atoms with Crippen molar-refractivity contribution < 1.29 is 13.6 Å². The molecule has 170 valence electrons. The van der Waals surface area contributed by atoms with Crippen LogP contribution in [-0.2, 0) is 4.79 Å². The minimum atomic E-state index is -1.07. The lowest BCUT2D eigenvalue weighted by atomic mass is 9.99. The van der Waals surface area contributed by atoms with Crippen LogP contribution in [0.1, 0.15) is 6.42 Å². The van der Waals surface area contributed by atoms with Gasteiger partial charge in [-0.2, -0.15) is 5.10 Å². The number of aromatic nitrogens is 3. The molecule has 2 aliphatic rings. The predicted molar refractivity (Wildman–Crippen MR) is 126 cm³/mol. The van der Waals surface area contributed by atoms with Gasteiger partial charge in [-0.3, -0.25) is 9.89 Å². The van der Waals surface area contributed by atoms with Gasteiger partial charge in [0.15, 0.2) is 10.9 Å². The minimum absolute atomic E-state index is 0.0261. The second kappa shape index (κ2) is 7.61. The number of carbonyl (C=O) groups excluding carboxylic acids is 1. The van der Waals surface area contributed by atoms with Gasteiger partial charge >= 0.3 is 0 Å². The lowest BCUT2D eigenvalue weighted by molar-refractivity contribution is -0.117. The second-order valence-corrected chi connectivity index (χ2v) is 9.89. The number of rotatable bonds is 5. The number of halogens is 3. The van der Waals surface area contributed by atoms with Crippen molar-refractivity contribution in [2.24, 2.45) is 5.92 Å². The van der Waals surface area contributed by atoms with Crippen molar-refractivity contribution in [3.63, 3.8) is 0 Å². The summed E-state index contributed by atoms with van der Waals surface area (Å²) in [7, 11) is 1.85. The first kappa shape index (κ1) is 20.8. The van der Waals surface area contributed by atoms with Gasteiger partial charge < -0.3 is 15.5 Å². The number of amides is 1. The van der Waals surface area contributed by atoms with E-state index in [0.717, 1.165) is 23.2 Å². The van der Waals surface area contributed by atoms with Crippen molar-refractivity contribution in [3.05, 3.63) is 35.2 Å². The van der Waals surface area contributed by atoms with Gasteiger partial charge in [0, 0.05) is 31.1 Å². The van der Waals surface area contributed by atoms with E-state index < -0.39 is 17.9 Å². The largest absolute Gasteiger partial charge is 0.365 e. The molecule has 1 aliphatic carbocycles. The van der Waals surface area contributed by atoms with Crippen LogP contribution in [0.25, 0.3) is 32.2 Å². The number of thiazole rings is 1. The van der Waals surface area contributed by atoms with Crippen molar-refractivity contribution >= 4 is 60.8 Å². The van der Waals surface area contributed by atoms with Crippen LogP contribution in [-0.4, -0.2) is 53.4 Å². The Morgan fingerprint density at radius 2 is 2.15 bits per heavy atom. The van der Waals surface area contributed by atoms with E-state index >= 15 is 4.39 Å². The number of H-pyrrole nitrogens is 1. The molecule has 3 heterocycles. The molecule has 2 aromatic heterocycles. The molecule has 7 nitrogen and oxygen atoms in total. The van der Waals surface area contributed by atoms with E-state index in [4.69, 9.17) is 11.6 Å². The van der Waals surface area contributed by atoms with E-state index in [2.05, 4.69) is 25.8 Å². The first-order chi connectivity index (χ1) is 15.9. The first-order valence-electron chi connectivity index (χ1n) is 10.6. The summed E-state index contributed by atoms with van der Waals surface area (Å²) >= 11 is 7.88. The number of hydrogen-bond donors (Lipinski definition) is 3. The molecule has 2 fully saturated rings. The highest BCUT2D eigenvalue weighted by atomic mass is 35.5. The van der Waals surface area contributed by atoms with Gasteiger partial charge in [0.2, 0.25) is 5.91 Å². The highest BCUT2D eigenvalue weighted by Crippen LogP contribution is 2.44. The van der Waals surface area contributed by atoms with Crippen LogP contribution in [0.2, 0.25) is 5.02 Å². The summed E-state index contributed by atoms with van der Waals surface area (Å²) in [6.45, 7) is 1.55. The van der Waals surface area contributed by atoms with E-state index in [-0.39, 0.29) is 23.4 Å². The van der Waals surface area contributed by atoms with Crippen molar-refractivity contribution in [1.29, 1.82) is 0 Å². The van der Waals surface area contributed by atoms with E-state index in [0.29, 0.717) is 33.0 Å². The first-order valence-corrected chi connectivity index (χ1v) is 11.7. The fourth-order valence-corrected chi connectivity index (χ4v) is 5.42. The number of alkyl halides is 1. The average Bonchev–Trinajstić information content (AvgIpc) is 3.11. The summed E-state index contributed by atoms with van der Waals surface area (Å²) in [4.78, 5) is 18.4. The Morgan fingerprint density at radius 3 is 2.85 bits per heavy atom. The summed E-state index contributed by atoms with van der Waals surface area (Å²) in [6, 6.07) is 5.66. The van der Waals surface area contributed by atoms with Gasteiger partial charge in [0.1, 0.15) is 11.9 Å². The van der Waals surface area contributed by atoms with Crippen molar-refractivity contribution in [2.75, 3.05) is 30.4 Å². The van der Waals surface area contributed by atoms with Gasteiger partial charge in [-0.1, -0.05) is 29.0 Å². The Balaban J connectivity index is 1.41. The molecule has 0 radical (unpaired) electrons. The lowest BCUT2D eigenvalue weighted by Crippen LogP contribution is -2.56. The molecule has 2 atom stereocenters. The number of hydrogen-bond acceptors (Lipinski definition) is 6. The summed E-state index contributed by atoms with van der Waals surface area (Å²) in [5.74, 6) is -1.44. The van der Waals surface area contributed by atoms with Crippen molar-refractivity contribution in [2.45, 2.75) is 18.6 Å². The Hall–Kier alpha value is -2.82. The number of benzene rings is 2. The highest BCUT2D eigenvalue weighted by molar-refractivity contribution is 7.22. The molecule has 0 spiro atoms. The van der Waals surface area contributed by atoms with Crippen LogP contribution in [0.15, 0.2) is 24.4 Å². The number of nitrogens with zero attached hydrogens (tertiary/aromatic N) is 3. The standard InChI is InChI=1S/C22H19ClF2N6OS/c1-31(10-6-26-7-10)20-18(25)17(23)16(12-8-27-30-19(12)20)9-2-3-14-15(4-9)33-22(28-14)29-21(32)11-5-13(11)24/h2-4,8,10-11,13,26H,5-7H2,1H3,(H,27,30)(H,28,29,32)/t11-,13+/m1/s1. The third-order valence-corrected chi connectivity index (χ3v) is 7.67. The average molecular weight is 489 g/mol. The highest BCUT2D eigenvalue weighted by Gasteiger charge is 2.43. The fourth-order valence-electron chi connectivity index (χ4n) is 4.21. The van der Waals surface area contributed by atoms with Crippen LogP contribution in [0.5, 0.6) is 0 Å². The van der Waals surface area contributed by atoms with E-state index in [1.165, 1.54) is 11.3 Å². The maximum atomic E-state index is 15.6. The smallest absolute Gasteiger partial charge is 0.232 e. The van der Waals surface area contributed by atoms with E-state index in [9.17, 15) is 9.18 Å². The molecule has 1 saturated heterocycles. The van der Waals surface area contributed by atoms with Crippen LogP contribution < -0.4 is 15.5 Å². The molecular weight excluding hydrogens is 470 g/mol. The van der Waals surface area contributed by atoms with Crippen molar-refractivity contribution in [3.8, 4) is 11.1 Å². The van der Waals surface area contributed by atoms with Gasteiger partial charge in [-0.15, -0.1) is 0 Å². The third kappa shape index (κ3) is 3.35. The number of carbonyl (C=O) groups is 1. The molecule has 1 amide bonds. The monoisotopic (exact) mass is 488 g/mol. The van der Waals surface area contributed by atoms with Crippen LogP contribution >= 0.6 is 22.9 Å². The van der Waals surface area contributed by atoms with E-state index in [1.54, 1.807) is 12.3 Å². The Labute approximate surface area is 196 Å². The zero-order chi connectivity index (χ0) is 22.9. The second-order valence-electron chi connectivity index (χ2n) is 8.48. The summed E-state index contributed by atoms with van der Waals surface area (Å²) in [5.41, 5.74) is 2.92. The van der Waals surface area contributed by atoms with Crippen LogP contribution in [0.3, 0.4) is 0 Å². The number of aromatic amines is 1. The van der Waals surface area contributed by atoms with Gasteiger partial charge in [0.25, 0.3) is 0 Å². The summed E-state index contributed by atoms with van der Waals surface area (Å²) in [6.07, 6.45) is 0.842. The topological polar surface area (TPSA) is 85.9 Å². The summed E-state index contributed by atoms with van der Waals surface area (Å²) in [5, 5.41) is 14.1. The van der Waals surface area contributed by atoms with Crippen LogP contribution in [0, 0.1) is 11.7 Å². The normalized spacial score (nSPS) is 20.2. The zero-order valence-electron chi connectivity index (χ0n) is 17.5. The molecule has 2 aromatic carbocycles. The number of nitrogens with one attached hydrogen (secondary N) is 3. The third-order valence-electron chi connectivity index (χ3n) is 6.38. The number of likely N-dealkylation sites (N-methyl/N-ethyl adjacent to an activating group) is 1. The quantitative estimate of drug-likeness (QED) is 0.389. The van der Waals surface area contributed by atoms with Gasteiger partial charge in [-0.05, 0) is 24.1 Å². The maximum absolute atomic E-state index is 15.6. The lowest BCUT2D eigenvalue weighted by Gasteiger charge is -2.37. The Kier molecular flexibility index (Phi) is 4.79. The fraction of sp³-hybridized carbons (Fsp3) is 0.318. The molecular formula is C22H19ClF2N6OS. The van der Waals surface area contributed by atoms with Crippen molar-refractivity contribution in [1.82, 2.24) is 20.5 Å². The molecule has 1 saturated carbocycles. The number of anilines is 2. The molecule has 4 aromatic rings. The Bertz CT molecular complexity index is 1420. The maximum Gasteiger partial charge on any atom is 0.232 e. The predicted octanol–water partition coefficient (Wildman–Crippen LogP) is 4.34. The zero-order valence-corrected chi connectivity index (χ0v) is 19.0. The summed E-state index contributed by atoms with van der Waals surface area (Å²) < 4.78 is 29.5. The SMILES string of the molecule is CN(c1c(F)c(Cl)c(-c2ccc3nc(NC(=O)[C@@H]4C[C@@H]4F)sc3c2)c2cn[nH]c12)C1CNC1. The molecule has 1 aliphatic heterocycles. The molecule has 0 bridgehead atoms. The minimum Gasteiger partial charge on any atom is -0.365 e. The molecule has 0 unspecified atom stereocenters. The molecule has 6 rings (SSSR count).